The molecule has 0 fully saturated rings. The number of benzene rings is 1. The average molecular weight is 437 g/mol. The van der Waals surface area contributed by atoms with Crippen molar-refractivity contribution >= 4 is 51.9 Å². The van der Waals surface area contributed by atoms with E-state index in [2.05, 4.69) is 5.32 Å². The van der Waals surface area contributed by atoms with Crippen LogP contribution in [0.1, 0.15) is 6.92 Å². The van der Waals surface area contributed by atoms with Crippen LogP contribution in [-0.4, -0.2) is 28.8 Å². The largest absolute Gasteiger partial charge is 0.479 e. The molecule has 1 atom stereocenters. The summed E-state index contributed by atoms with van der Waals surface area (Å²) >= 11 is 7.52. The molecule has 0 radical (unpaired) electrons. The summed E-state index contributed by atoms with van der Waals surface area (Å²) in [5, 5.41) is 12.6. The number of carbonyl (C=O) groups is 2. The Hall–Kier alpha value is -1.23. The van der Waals surface area contributed by atoms with E-state index in [1.807, 2.05) is 22.6 Å². The Balaban J connectivity index is 2.92. The molecule has 3 N–H and O–H groups in total. The number of carbonyl (C=O) groups excluding carboxylic acids is 1. The zero-order valence-electron chi connectivity index (χ0n) is 10.4. The van der Waals surface area contributed by atoms with Crippen molar-refractivity contribution in [2.75, 3.05) is 5.32 Å². The maximum Gasteiger partial charge on any atom is 0.422 e. The molecular weight excluding hydrogens is 427 g/mol. The van der Waals surface area contributed by atoms with Gasteiger partial charge in [0.05, 0.1) is 5.69 Å². The lowest BCUT2D eigenvalue weighted by atomic mass is 10.0. The molecule has 21 heavy (non-hydrogen) atoms. The highest BCUT2D eigenvalue weighted by Crippen LogP contribution is 2.30. The predicted octanol–water partition coefficient (Wildman–Crippen LogP) is 3.47. The Kier molecular flexibility index (Phi) is 5.31. The fourth-order valence-electron chi connectivity index (χ4n) is 1.22. The maximum atomic E-state index is 12.7. The molecule has 1 unspecified atom stereocenters. The molecule has 1 aromatic carbocycles. The number of nitrogens with one attached hydrogen (secondary N) is 2. The number of alkyl halides is 3. The van der Waals surface area contributed by atoms with Gasteiger partial charge in [-0.05, 0) is 47.7 Å². The molecule has 0 aliphatic rings. The van der Waals surface area contributed by atoms with Gasteiger partial charge in [0.15, 0.2) is 0 Å². The lowest BCUT2D eigenvalue weighted by Crippen LogP contribution is -2.62. The first-order chi connectivity index (χ1) is 9.47. The molecule has 0 saturated heterocycles. The number of hydrogen-bond donors (Lipinski definition) is 3. The molecule has 0 spiro atoms. The zero-order chi connectivity index (χ0) is 16.4. The third-order valence-corrected chi connectivity index (χ3v) is 3.67. The van der Waals surface area contributed by atoms with Crippen molar-refractivity contribution in [3.63, 3.8) is 0 Å². The summed E-state index contributed by atoms with van der Waals surface area (Å²) < 4.78 is 38.7. The van der Waals surface area contributed by atoms with Crippen molar-refractivity contribution in [2.24, 2.45) is 0 Å². The minimum atomic E-state index is -5.15. The van der Waals surface area contributed by atoms with Crippen LogP contribution in [0.15, 0.2) is 18.2 Å². The van der Waals surface area contributed by atoms with Crippen LogP contribution in [0.5, 0.6) is 0 Å². The van der Waals surface area contributed by atoms with E-state index in [0.717, 1.165) is 0 Å². The van der Waals surface area contributed by atoms with Gasteiger partial charge in [-0.1, -0.05) is 11.6 Å². The minimum Gasteiger partial charge on any atom is -0.479 e. The molecule has 5 nitrogen and oxygen atoms in total. The van der Waals surface area contributed by atoms with Crippen molar-refractivity contribution in [3.05, 3.63) is 26.8 Å². The van der Waals surface area contributed by atoms with E-state index in [0.29, 0.717) is 15.5 Å². The second kappa shape index (κ2) is 6.26. The average Bonchev–Trinajstić information content (AvgIpc) is 2.31. The first kappa shape index (κ1) is 17.8. The molecule has 0 aromatic heterocycles. The number of carboxylic acid groups (broad SMARTS) is 1. The molecule has 2 amide bonds. The minimum absolute atomic E-state index is 0.201. The Morgan fingerprint density at radius 3 is 2.33 bits per heavy atom. The highest BCUT2D eigenvalue weighted by molar-refractivity contribution is 14.1. The monoisotopic (exact) mass is 436 g/mol. The van der Waals surface area contributed by atoms with Crippen LogP contribution < -0.4 is 10.6 Å². The standard InChI is InChI=1S/C11H9ClF3IN2O3/c1-10(8(19)20,11(13,14)15)18-9(21)17-7-3-2-5(12)4-6(7)16/h2-4H,1H3,(H,19,20)(H2,17,18,21). The molecule has 116 valence electrons. The Morgan fingerprint density at radius 1 is 1.33 bits per heavy atom. The topological polar surface area (TPSA) is 78.4 Å². The fourth-order valence-corrected chi connectivity index (χ4v) is 2.22. The van der Waals surface area contributed by atoms with Crippen LogP contribution in [0.3, 0.4) is 0 Å². The third kappa shape index (κ3) is 4.13. The van der Waals surface area contributed by atoms with Gasteiger partial charge in [-0.3, -0.25) is 0 Å². The van der Waals surface area contributed by atoms with Gasteiger partial charge >= 0.3 is 18.2 Å². The Bertz CT molecular complexity index is 582. The van der Waals surface area contributed by atoms with E-state index in [-0.39, 0.29) is 5.69 Å². The second-order valence-electron chi connectivity index (χ2n) is 4.13. The fraction of sp³-hybridized carbons (Fsp3) is 0.273. The molecule has 0 aliphatic carbocycles. The molecule has 0 saturated carbocycles. The summed E-state index contributed by atoms with van der Waals surface area (Å²) in [6.45, 7) is 0.363. The zero-order valence-corrected chi connectivity index (χ0v) is 13.3. The van der Waals surface area contributed by atoms with Crippen LogP contribution in [-0.2, 0) is 4.79 Å². The SMILES string of the molecule is CC(NC(=O)Nc1ccc(Cl)cc1I)(C(=O)O)C(F)(F)F. The van der Waals surface area contributed by atoms with E-state index >= 15 is 0 Å². The lowest BCUT2D eigenvalue weighted by Gasteiger charge is -2.28. The van der Waals surface area contributed by atoms with Crippen molar-refractivity contribution in [1.82, 2.24) is 5.32 Å². The molecule has 1 aromatic rings. The van der Waals surface area contributed by atoms with Crippen LogP contribution in [0, 0.1) is 3.57 Å². The summed E-state index contributed by atoms with van der Waals surface area (Å²) in [7, 11) is 0. The number of urea groups is 1. The molecule has 10 heteroatoms. The Labute approximate surface area is 136 Å². The van der Waals surface area contributed by atoms with Gasteiger partial charge in [-0.25, -0.2) is 9.59 Å². The van der Waals surface area contributed by atoms with Gasteiger partial charge in [0, 0.05) is 8.59 Å². The summed E-state index contributed by atoms with van der Waals surface area (Å²) in [6, 6.07) is 3.00. The van der Waals surface area contributed by atoms with Gasteiger partial charge in [-0.15, -0.1) is 0 Å². The number of carboxylic acids is 1. The second-order valence-corrected chi connectivity index (χ2v) is 5.73. The number of amides is 2. The van der Waals surface area contributed by atoms with Crippen molar-refractivity contribution in [1.29, 1.82) is 0 Å². The molecular formula is C11H9ClF3IN2O3. The molecule has 1 rings (SSSR count). The van der Waals surface area contributed by atoms with E-state index in [4.69, 9.17) is 16.7 Å². The predicted molar refractivity (Wildman–Crippen MR) is 78.4 cm³/mol. The number of anilines is 1. The van der Waals surface area contributed by atoms with Crippen molar-refractivity contribution < 1.29 is 27.9 Å². The first-order valence-electron chi connectivity index (χ1n) is 5.31. The maximum absolute atomic E-state index is 12.7. The summed E-state index contributed by atoms with van der Waals surface area (Å²) in [5.74, 6) is -2.21. The number of hydrogen-bond acceptors (Lipinski definition) is 2. The number of rotatable bonds is 3. The summed E-state index contributed by atoms with van der Waals surface area (Å²) in [4.78, 5) is 22.4. The van der Waals surface area contributed by atoms with Crippen molar-refractivity contribution in [3.8, 4) is 0 Å². The normalized spacial score (nSPS) is 14.2. The van der Waals surface area contributed by atoms with E-state index in [1.54, 1.807) is 0 Å². The van der Waals surface area contributed by atoms with E-state index < -0.39 is 23.7 Å². The third-order valence-electron chi connectivity index (χ3n) is 2.54. The Morgan fingerprint density at radius 2 is 1.90 bits per heavy atom. The van der Waals surface area contributed by atoms with Gasteiger partial charge in [-0.2, -0.15) is 13.2 Å². The lowest BCUT2D eigenvalue weighted by molar-refractivity contribution is -0.203. The van der Waals surface area contributed by atoms with Crippen LogP contribution in [0.25, 0.3) is 0 Å². The van der Waals surface area contributed by atoms with Crippen LogP contribution in [0.4, 0.5) is 23.7 Å². The van der Waals surface area contributed by atoms with Gasteiger partial charge < -0.3 is 15.7 Å². The highest BCUT2D eigenvalue weighted by atomic mass is 127. The summed E-state index contributed by atoms with van der Waals surface area (Å²) in [6.07, 6.45) is -5.15. The van der Waals surface area contributed by atoms with Crippen molar-refractivity contribution in [2.45, 2.75) is 18.6 Å². The van der Waals surface area contributed by atoms with E-state index in [9.17, 15) is 22.8 Å². The number of aliphatic carboxylic acids is 1. The molecule has 0 heterocycles. The van der Waals surface area contributed by atoms with Crippen LogP contribution >= 0.6 is 34.2 Å². The quantitative estimate of drug-likeness (QED) is 0.635. The molecule has 0 bridgehead atoms. The van der Waals surface area contributed by atoms with Crippen LogP contribution in [0.2, 0.25) is 5.02 Å². The number of halogens is 5. The smallest absolute Gasteiger partial charge is 0.422 e. The van der Waals surface area contributed by atoms with Gasteiger partial charge in [0.1, 0.15) is 0 Å². The summed E-state index contributed by atoms with van der Waals surface area (Å²) in [5.41, 5.74) is -3.19. The highest BCUT2D eigenvalue weighted by Gasteiger charge is 2.58. The van der Waals surface area contributed by atoms with Gasteiger partial charge in [0.25, 0.3) is 0 Å². The molecule has 0 aliphatic heterocycles. The van der Waals surface area contributed by atoms with E-state index in [1.165, 1.54) is 23.5 Å². The first-order valence-corrected chi connectivity index (χ1v) is 6.77. The van der Waals surface area contributed by atoms with Gasteiger partial charge in [0.2, 0.25) is 5.54 Å².